The van der Waals surface area contributed by atoms with Crippen molar-refractivity contribution in [1.82, 2.24) is 9.80 Å². The van der Waals surface area contributed by atoms with Gasteiger partial charge in [-0.2, -0.15) is 0 Å². The Labute approximate surface area is 265 Å². The van der Waals surface area contributed by atoms with Crippen molar-refractivity contribution in [3.8, 4) is 0 Å². The molecule has 0 amide bonds. The number of fused-ring (bicyclic) bond motifs is 5. The number of rotatable bonds is 8. The molecule has 3 aliphatic rings. The smallest absolute Gasteiger partial charge is 0.0927 e. The Morgan fingerprint density at radius 1 is 0.488 bits per heavy atom. The molecule has 43 heavy (non-hydrogen) atoms. The molecule has 4 aromatic carbocycles. The van der Waals surface area contributed by atoms with Crippen LogP contribution in [0.25, 0.3) is 22.5 Å². The molecule has 2 unspecified atom stereocenters. The van der Waals surface area contributed by atoms with Gasteiger partial charge >= 0.3 is 0 Å². The number of benzene rings is 4. The molecule has 4 aromatic rings. The van der Waals surface area contributed by atoms with Crippen LogP contribution in [0.2, 0.25) is 0 Å². The molecule has 0 aromatic heterocycles. The maximum absolute atomic E-state index is 2.60. The van der Waals surface area contributed by atoms with Gasteiger partial charge in [0.25, 0.3) is 0 Å². The number of thioether (sulfide) groups is 2. The first-order valence-corrected chi connectivity index (χ1v) is 17.7. The van der Waals surface area contributed by atoms with E-state index < -0.39 is 0 Å². The molecule has 0 radical (unpaired) electrons. The quantitative estimate of drug-likeness (QED) is 0.199. The van der Waals surface area contributed by atoms with E-state index in [2.05, 4.69) is 170 Å². The van der Waals surface area contributed by atoms with E-state index in [4.69, 9.17) is 0 Å². The van der Waals surface area contributed by atoms with E-state index in [0.29, 0.717) is 0 Å². The average Bonchev–Trinajstić information content (AvgIpc) is 3.70. The van der Waals surface area contributed by atoms with Crippen LogP contribution in [0.1, 0.15) is 61.1 Å². The number of hydrogen-bond acceptors (Lipinski definition) is 4. The second kappa shape index (κ2) is 11.3. The van der Waals surface area contributed by atoms with Gasteiger partial charge < -0.3 is 9.80 Å². The van der Waals surface area contributed by atoms with E-state index in [0.717, 1.165) is 31.3 Å². The third-order valence-electron chi connectivity index (χ3n) is 9.63. The molecule has 2 spiro atoms. The van der Waals surface area contributed by atoms with Gasteiger partial charge in [0.05, 0.1) is 9.49 Å². The Morgan fingerprint density at radius 3 is 1.21 bits per heavy atom. The highest BCUT2D eigenvalue weighted by Crippen LogP contribution is 2.79. The minimum Gasteiger partial charge on any atom is -0.371 e. The van der Waals surface area contributed by atoms with E-state index in [1.807, 2.05) is 0 Å². The summed E-state index contributed by atoms with van der Waals surface area (Å²) in [7, 11) is 0. The third kappa shape index (κ3) is 3.88. The molecule has 2 nitrogen and oxygen atoms in total. The van der Waals surface area contributed by atoms with Crippen LogP contribution < -0.4 is 0 Å². The summed E-state index contributed by atoms with van der Waals surface area (Å²) in [5, 5.41) is 1.02. The lowest BCUT2D eigenvalue weighted by molar-refractivity contribution is 0.442. The summed E-state index contributed by atoms with van der Waals surface area (Å²) in [5.41, 5.74) is 14.1. The van der Waals surface area contributed by atoms with Gasteiger partial charge in [0.2, 0.25) is 0 Å². The highest BCUT2D eigenvalue weighted by atomic mass is 32.2. The second-order valence-electron chi connectivity index (χ2n) is 11.4. The predicted molar refractivity (Wildman–Crippen MR) is 189 cm³/mol. The standard InChI is InChI=1S/C39H40N2S2/c1-5-40(6-2)36-30-23-15-17-25-32(30)38(34(36)28-19-11-9-12-20-28)39(43-27-42-38)33-26-18-16-24-31(33)37(41(7-3)8-4)35(39)29-21-13-10-14-22-29/h9-26H,5-8,27H2,1-4H3. The fourth-order valence-electron chi connectivity index (χ4n) is 7.93. The van der Waals surface area contributed by atoms with Crippen molar-refractivity contribution in [3.63, 3.8) is 0 Å². The van der Waals surface area contributed by atoms with Gasteiger partial charge in [-0.1, -0.05) is 109 Å². The SMILES string of the molecule is CCN(CC)C1=C(c2ccccc2)C2(SCSC23C(c2ccccc2)=C(N(CC)CC)c2ccccc23)c2ccccc21. The van der Waals surface area contributed by atoms with E-state index in [1.165, 1.54) is 55.9 Å². The maximum atomic E-state index is 2.60. The van der Waals surface area contributed by atoms with Crippen molar-refractivity contribution < 1.29 is 0 Å². The Bertz CT molecular complexity index is 1570. The fourth-order valence-corrected chi connectivity index (χ4v) is 12.2. The van der Waals surface area contributed by atoms with Gasteiger partial charge in [-0.15, -0.1) is 23.5 Å². The van der Waals surface area contributed by atoms with Crippen LogP contribution in [0, 0.1) is 0 Å². The summed E-state index contributed by atoms with van der Waals surface area (Å²) in [5.74, 6) is 0. The first-order chi connectivity index (χ1) is 21.2. The van der Waals surface area contributed by atoms with Gasteiger partial charge in [0.15, 0.2) is 0 Å². The molecular formula is C39H40N2S2. The zero-order valence-corrected chi connectivity index (χ0v) is 27.3. The zero-order valence-electron chi connectivity index (χ0n) is 25.6. The molecule has 1 saturated heterocycles. The summed E-state index contributed by atoms with van der Waals surface area (Å²) in [6.45, 7) is 13.1. The summed E-state index contributed by atoms with van der Waals surface area (Å²) >= 11 is 4.31. The molecule has 7 rings (SSSR count). The summed E-state index contributed by atoms with van der Waals surface area (Å²) in [6, 6.07) is 41.2. The van der Waals surface area contributed by atoms with E-state index in [-0.39, 0.29) is 9.49 Å². The topological polar surface area (TPSA) is 6.48 Å². The highest BCUT2D eigenvalue weighted by molar-refractivity contribution is 8.20. The van der Waals surface area contributed by atoms with Crippen LogP contribution in [0.5, 0.6) is 0 Å². The first kappa shape index (κ1) is 28.4. The Balaban J connectivity index is 1.69. The molecule has 1 fully saturated rings. The lowest BCUT2D eigenvalue weighted by atomic mass is 9.72. The van der Waals surface area contributed by atoms with E-state index >= 15 is 0 Å². The molecular weight excluding hydrogens is 561 g/mol. The van der Waals surface area contributed by atoms with Crippen molar-refractivity contribution in [2.24, 2.45) is 0 Å². The predicted octanol–water partition coefficient (Wildman–Crippen LogP) is 9.66. The van der Waals surface area contributed by atoms with Crippen molar-refractivity contribution >= 4 is 46.1 Å². The molecule has 0 N–H and O–H groups in total. The van der Waals surface area contributed by atoms with Crippen LogP contribution in [0.4, 0.5) is 0 Å². The monoisotopic (exact) mass is 600 g/mol. The van der Waals surface area contributed by atoms with Crippen molar-refractivity contribution in [3.05, 3.63) is 143 Å². The summed E-state index contributed by atoms with van der Waals surface area (Å²) in [6.07, 6.45) is 0. The van der Waals surface area contributed by atoms with E-state index in [9.17, 15) is 0 Å². The van der Waals surface area contributed by atoms with Gasteiger partial charge in [-0.05, 0) is 49.9 Å². The average molecular weight is 601 g/mol. The van der Waals surface area contributed by atoms with Crippen LogP contribution in [-0.4, -0.2) is 41.1 Å². The number of hydrogen-bond donors (Lipinski definition) is 0. The molecule has 218 valence electrons. The summed E-state index contributed by atoms with van der Waals surface area (Å²) in [4.78, 5) is 5.20. The van der Waals surface area contributed by atoms with Crippen LogP contribution in [0.3, 0.4) is 0 Å². The Hall–Kier alpha value is -3.34. The van der Waals surface area contributed by atoms with Gasteiger partial charge in [-0.3, -0.25) is 0 Å². The molecule has 1 heterocycles. The lowest BCUT2D eigenvalue weighted by Crippen LogP contribution is -2.41. The van der Waals surface area contributed by atoms with Crippen molar-refractivity contribution in [1.29, 1.82) is 0 Å². The van der Waals surface area contributed by atoms with Gasteiger partial charge in [0, 0.05) is 64.9 Å². The molecule has 0 bridgehead atoms. The minimum absolute atomic E-state index is 0.316. The van der Waals surface area contributed by atoms with Crippen LogP contribution in [-0.2, 0) is 9.49 Å². The van der Waals surface area contributed by atoms with Crippen LogP contribution >= 0.6 is 23.5 Å². The Kier molecular flexibility index (Phi) is 7.47. The van der Waals surface area contributed by atoms with Gasteiger partial charge in [0.1, 0.15) is 0 Å². The zero-order chi connectivity index (χ0) is 29.6. The maximum Gasteiger partial charge on any atom is 0.0927 e. The molecule has 4 heteroatoms. The normalized spacial score (nSPS) is 22.0. The van der Waals surface area contributed by atoms with E-state index in [1.54, 1.807) is 0 Å². The minimum atomic E-state index is -0.316. The van der Waals surface area contributed by atoms with Crippen molar-refractivity contribution in [2.45, 2.75) is 37.2 Å². The molecule has 2 aliphatic carbocycles. The molecule has 1 aliphatic heterocycles. The van der Waals surface area contributed by atoms with Crippen LogP contribution in [0.15, 0.2) is 109 Å². The molecule has 0 saturated carbocycles. The van der Waals surface area contributed by atoms with Crippen molar-refractivity contribution in [2.75, 3.05) is 31.3 Å². The number of nitrogens with zero attached hydrogens (tertiary/aromatic N) is 2. The second-order valence-corrected chi connectivity index (χ2v) is 14.1. The Morgan fingerprint density at radius 2 is 0.837 bits per heavy atom. The summed E-state index contributed by atoms with van der Waals surface area (Å²) < 4.78 is -0.632. The van der Waals surface area contributed by atoms with Gasteiger partial charge in [-0.25, -0.2) is 0 Å². The third-order valence-corrected chi connectivity index (χ3v) is 13.0. The lowest BCUT2D eigenvalue weighted by Gasteiger charge is -2.45. The fraction of sp³-hybridized carbons (Fsp3) is 0.282. The largest absolute Gasteiger partial charge is 0.371 e. The molecule has 2 atom stereocenters. The first-order valence-electron chi connectivity index (χ1n) is 15.8. The highest BCUT2D eigenvalue weighted by Gasteiger charge is 2.69.